The number of ether oxygens (including phenoxy) is 5. The minimum Gasteiger partial charge on any atom is -0.489 e. The molecule has 0 radical (unpaired) electrons. The number of carbonyl (C=O) groups is 1. The number of carbonyl (C=O) groups excluding carboxylic acids is 1. The molecular weight excluding hydrogens is 711 g/mol. The first-order valence-corrected chi connectivity index (χ1v) is 18.9. The van der Waals surface area contributed by atoms with E-state index in [1.807, 2.05) is 19.9 Å². The van der Waals surface area contributed by atoms with Crippen LogP contribution in [0, 0.1) is 0 Å². The molecule has 1 amide bonds. The Kier molecular flexibility index (Phi) is 9.70. The number of nitrogens with zero attached hydrogens (tertiary/aromatic N) is 3. The average molecular weight is 748 g/mol. The summed E-state index contributed by atoms with van der Waals surface area (Å²) in [7, 11) is 0. The van der Waals surface area contributed by atoms with E-state index in [0.717, 1.165) is 54.8 Å². The van der Waals surface area contributed by atoms with Crippen LogP contribution in [0.1, 0.15) is 67.1 Å². The van der Waals surface area contributed by atoms with E-state index in [1.54, 1.807) is 24.3 Å². The molecular formula is C34H36Cl2N4O7S2. The largest absolute Gasteiger partial charge is 0.489 e. The molecule has 3 saturated heterocycles. The standard InChI is InChI=1S/C34H36Cl2N4O7S2/c1-17(2)45-23-12-19(33(41)39-49-40-10-3-4-11-40)13-26-29(23)37-34(48-26)46-25-16-44-31-24(15-43-32(25)31)42-14-20-28(38-47-30(20)18-8-9-18)27-21(35)6-5-7-22(27)36/h5-7,12-13,17-18,24-25,31-32H,3-4,8-11,14-16H2,1-2H3,(H,39,41)/t24?,25?,31-,32-/m1/s1. The molecule has 2 unspecified atom stereocenters. The van der Waals surface area contributed by atoms with Crippen molar-refractivity contribution in [2.45, 2.75) is 82.6 Å². The maximum atomic E-state index is 13.1. The Bertz CT molecular complexity index is 1820. The van der Waals surface area contributed by atoms with Gasteiger partial charge in [0, 0.05) is 47.8 Å². The van der Waals surface area contributed by atoms with Crippen molar-refractivity contribution in [3.63, 3.8) is 0 Å². The summed E-state index contributed by atoms with van der Waals surface area (Å²) in [6, 6.07) is 8.96. The molecule has 0 bridgehead atoms. The van der Waals surface area contributed by atoms with Gasteiger partial charge in [-0.1, -0.05) is 45.8 Å². The third-order valence-electron chi connectivity index (χ3n) is 9.02. The zero-order chi connectivity index (χ0) is 33.6. The zero-order valence-electron chi connectivity index (χ0n) is 27.0. The number of hydrogen-bond acceptors (Lipinski definition) is 12. The minimum absolute atomic E-state index is 0.102. The number of fused-ring (bicyclic) bond motifs is 2. The molecule has 1 saturated carbocycles. The second kappa shape index (κ2) is 14.2. The highest BCUT2D eigenvalue weighted by Crippen LogP contribution is 2.46. The van der Waals surface area contributed by atoms with Gasteiger partial charge in [-0.15, -0.1) is 0 Å². The molecule has 3 aliphatic heterocycles. The fourth-order valence-electron chi connectivity index (χ4n) is 6.49. The summed E-state index contributed by atoms with van der Waals surface area (Å²) in [5.74, 6) is 1.49. The molecule has 11 nitrogen and oxygen atoms in total. The maximum Gasteiger partial charge on any atom is 0.274 e. The number of aromatic nitrogens is 2. The summed E-state index contributed by atoms with van der Waals surface area (Å²) in [5.41, 5.74) is 3.24. The molecule has 5 heterocycles. The highest BCUT2D eigenvalue weighted by Gasteiger charge is 2.50. The second-order valence-corrected chi connectivity index (χ2v) is 15.7. The molecule has 2 aromatic carbocycles. The number of rotatable bonds is 12. The monoisotopic (exact) mass is 746 g/mol. The lowest BCUT2D eigenvalue weighted by Crippen LogP contribution is -2.35. The number of halogens is 2. The van der Waals surface area contributed by atoms with Gasteiger partial charge in [0.25, 0.3) is 11.1 Å². The topological polar surface area (TPSA) is 117 Å². The molecule has 4 aliphatic rings. The summed E-state index contributed by atoms with van der Waals surface area (Å²) in [5, 5.41) is 5.83. The van der Waals surface area contributed by atoms with Crippen molar-refractivity contribution in [2.24, 2.45) is 0 Å². The molecule has 260 valence electrons. The van der Waals surface area contributed by atoms with Gasteiger partial charge in [0.15, 0.2) is 6.10 Å². The van der Waals surface area contributed by atoms with Gasteiger partial charge in [-0.2, -0.15) is 4.98 Å². The molecule has 4 atom stereocenters. The van der Waals surface area contributed by atoms with Gasteiger partial charge < -0.3 is 28.2 Å². The summed E-state index contributed by atoms with van der Waals surface area (Å²) < 4.78 is 43.0. The van der Waals surface area contributed by atoms with Crippen molar-refractivity contribution in [1.29, 1.82) is 0 Å². The van der Waals surface area contributed by atoms with Crippen LogP contribution in [-0.4, -0.2) is 77.2 Å². The van der Waals surface area contributed by atoms with Crippen molar-refractivity contribution in [3.05, 3.63) is 57.3 Å². The lowest BCUT2D eigenvalue weighted by Gasteiger charge is -2.17. The molecule has 15 heteroatoms. The molecule has 8 rings (SSSR count). The van der Waals surface area contributed by atoms with Crippen LogP contribution in [0.5, 0.6) is 10.9 Å². The van der Waals surface area contributed by atoms with Crippen LogP contribution in [0.4, 0.5) is 0 Å². The van der Waals surface area contributed by atoms with Gasteiger partial charge in [0.1, 0.15) is 41.0 Å². The Hall–Kier alpha value is -2.62. The second-order valence-electron chi connectivity index (χ2n) is 13.0. The third kappa shape index (κ3) is 7.01. The SMILES string of the molecule is CC(C)Oc1cc(C(=O)NSN2CCCC2)cc2sc(OC3CO[C@@H]4C(OCc5c(-c6c(Cl)cccc6Cl)noc5C5CC5)CO[C@H]34)nc12. The van der Waals surface area contributed by atoms with Crippen LogP contribution < -0.4 is 14.2 Å². The Morgan fingerprint density at radius 2 is 1.84 bits per heavy atom. The van der Waals surface area contributed by atoms with E-state index in [1.165, 1.54) is 23.5 Å². The molecule has 4 aromatic rings. The quantitative estimate of drug-likeness (QED) is 0.146. The van der Waals surface area contributed by atoms with Crippen LogP contribution in [0.15, 0.2) is 34.9 Å². The van der Waals surface area contributed by atoms with E-state index >= 15 is 0 Å². The van der Waals surface area contributed by atoms with Crippen molar-refractivity contribution >= 4 is 62.8 Å². The Morgan fingerprint density at radius 3 is 2.57 bits per heavy atom. The van der Waals surface area contributed by atoms with Gasteiger partial charge >= 0.3 is 0 Å². The number of nitrogens with one attached hydrogen (secondary N) is 1. The first-order chi connectivity index (χ1) is 23.8. The van der Waals surface area contributed by atoms with Crippen LogP contribution in [0.25, 0.3) is 21.5 Å². The van der Waals surface area contributed by atoms with Gasteiger partial charge in [-0.3, -0.25) is 9.52 Å². The Labute approximate surface area is 302 Å². The molecule has 1 aliphatic carbocycles. The summed E-state index contributed by atoms with van der Waals surface area (Å²) in [4.78, 5) is 17.9. The predicted octanol–water partition coefficient (Wildman–Crippen LogP) is 7.44. The van der Waals surface area contributed by atoms with E-state index in [9.17, 15) is 4.79 Å². The van der Waals surface area contributed by atoms with E-state index in [2.05, 4.69) is 14.2 Å². The lowest BCUT2D eigenvalue weighted by atomic mass is 10.0. The maximum absolute atomic E-state index is 13.1. The van der Waals surface area contributed by atoms with Crippen molar-refractivity contribution in [1.82, 2.24) is 19.2 Å². The Balaban J connectivity index is 0.954. The van der Waals surface area contributed by atoms with Gasteiger partial charge in [0.05, 0.1) is 40.7 Å². The number of thiazole rings is 1. The van der Waals surface area contributed by atoms with Crippen molar-refractivity contribution < 1.29 is 33.0 Å². The van der Waals surface area contributed by atoms with Crippen LogP contribution >= 0.6 is 46.7 Å². The zero-order valence-corrected chi connectivity index (χ0v) is 30.1. The van der Waals surface area contributed by atoms with Crippen molar-refractivity contribution in [2.75, 3.05) is 26.3 Å². The van der Waals surface area contributed by atoms with Crippen LogP contribution in [-0.2, 0) is 20.8 Å². The average Bonchev–Trinajstić information content (AvgIpc) is 3.55. The van der Waals surface area contributed by atoms with Crippen LogP contribution in [0.2, 0.25) is 10.0 Å². The fourth-order valence-corrected chi connectivity index (χ4v) is 8.76. The van der Waals surface area contributed by atoms with E-state index in [4.69, 9.17) is 56.4 Å². The third-order valence-corrected chi connectivity index (χ3v) is 11.4. The highest BCUT2D eigenvalue weighted by atomic mass is 35.5. The van der Waals surface area contributed by atoms with Gasteiger partial charge in [-0.25, -0.2) is 4.31 Å². The van der Waals surface area contributed by atoms with Gasteiger partial charge in [-0.05, 0) is 63.8 Å². The van der Waals surface area contributed by atoms with Crippen LogP contribution in [0.3, 0.4) is 0 Å². The molecule has 2 aromatic heterocycles. The predicted molar refractivity (Wildman–Crippen MR) is 188 cm³/mol. The molecule has 1 N–H and O–H groups in total. The van der Waals surface area contributed by atoms with E-state index in [-0.39, 0.29) is 43.0 Å². The summed E-state index contributed by atoms with van der Waals surface area (Å²) >= 11 is 15.8. The molecule has 49 heavy (non-hydrogen) atoms. The summed E-state index contributed by atoms with van der Waals surface area (Å²) in [6.45, 7) is 6.74. The Morgan fingerprint density at radius 1 is 1.10 bits per heavy atom. The lowest BCUT2D eigenvalue weighted by molar-refractivity contribution is -0.0428. The van der Waals surface area contributed by atoms with Crippen molar-refractivity contribution in [3.8, 4) is 22.2 Å². The summed E-state index contributed by atoms with van der Waals surface area (Å²) in [6.07, 6.45) is 2.90. The highest BCUT2D eigenvalue weighted by molar-refractivity contribution is 7.95. The number of benzene rings is 2. The van der Waals surface area contributed by atoms with Gasteiger partial charge in [0.2, 0.25) is 0 Å². The number of amides is 1. The first kappa shape index (κ1) is 33.5. The fraction of sp³-hybridized carbons (Fsp3) is 0.500. The molecule has 4 fully saturated rings. The first-order valence-electron chi connectivity index (χ1n) is 16.6. The van der Waals surface area contributed by atoms with E-state index < -0.39 is 0 Å². The minimum atomic E-state index is -0.386. The molecule has 0 spiro atoms. The van der Waals surface area contributed by atoms with E-state index in [0.29, 0.717) is 62.5 Å². The number of hydrogen-bond donors (Lipinski definition) is 1. The normalized spacial score (nSPS) is 23.9. The smallest absolute Gasteiger partial charge is 0.274 e.